The van der Waals surface area contributed by atoms with E-state index in [0.29, 0.717) is 11.6 Å². The summed E-state index contributed by atoms with van der Waals surface area (Å²) < 4.78 is 9.31. The van der Waals surface area contributed by atoms with Gasteiger partial charge in [-0.2, -0.15) is 0 Å². The molecule has 3 heterocycles. The third-order valence-corrected chi connectivity index (χ3v) is 4.33. The number of carbonyl (C=O) groups excluding carboxylic acids is 1. The van der Waals surface area contributed by atoms with Crippen LogP contribution in [-0.4, -0.2) is 38.2 Å². The topological polar surface area (TPSA) is 74.0 Å². The molecule has 3 rings (SSSR count). The fourth-order valence-electron chi connectivity index (χ4n) is 3.05. The fourth-order valence-corrected chi connectivity index (χ4v) is 3.05. The van der Waals surface area contributed by atoms with Gasteiger partial charge in [-0.3, -0.25) is 4.79 Å². The Morgan fingerprint density at radius 2 is 2.22 bits per heavy atom. The van der Waals surface area contributed by atoms with E-state index in [1.807, 2.05) is 13.2 Å². The zero-order valence-corrected chi connectivity index (χ0v) is 13.6. The average Bonchev–Trinajstić information content (AvgIpc) is 3.21. The second-order valence-electron chi connectivity index (χ2n) is 5.90. The summed E-state index contributed by atoms with van der Waals surface area (Å²) in [4.78, 5) is 21.2. The Morgan fingerprint density at radius 1 is 1.43 bits per heavy atom. The van der Waals surface area contributed by atoms with Crippen LogP contribution in [0.5, 0.6) is 0 Å². The summed E-state index contributed by atoms with van der Waals surface area (Å²) in [6.45, 7) is 4.36. The molecule has 1 N–H and O–H groups in total. The van der Waals surface area contributed by atoms with E-state index in [-0.39, 0.29) is 11.9 Å². The predicted molar refractivity (Wildman–Crippen MR) is 84.9 cm³/mol. The van der Waals surface area contributed by atoms with Gasteiger partial charge in [0.1, 0.15) is 11.5 Å². The summed E-state index contributed by atoms with van der Waals surface area (Å²) in [5, 5.41) is 3.14. The Labute approximate surface area is 135 Å². The lowest BCUT2D eigenvalue weighted by Crippen LogP contribution is -2.37. The van der Waals surface area contributed by atoms with Crippen molar-refractivity contribution in [3.63, 3.8) is 0 Å². The second kappa shape index (κ2) is 6.95. The first-order valence-corrected chi connectivity index (χ1v) is 8.06. The number of hydrogen-bond acceptors (Lipinski definition) is 4. The highest BCUT2D eigenvalue weighted by atomic mass is 16.5. The first kappa shape index (κ1) is 15.7. The summed E-state index contributed by atoms with van der Waals surface area (Å²) >= 11 is 0. The van der Waals surface area contributed by atoms with Gasteiger partial charge in [0, 0.05) is 45.4 Å². The quantitative estimate of drug-likeness (QED) is 0.907. The number of nitrogens with one attached hydrogen (secondary N) is 1. The predicted octanol–water partition coefficient (Wildman–Crippen LogP) is 1.53. The minimum Gasteiger partial charge on any atom is -0.381 e. The number of amides is 1. The standard InChI is InChI=1S/C16H23N5O2/c1-3-21-7-6-17-15(21)14(12-4-8-23-9-5-12)19-16(22)13-10-20(2)11-18-13/h6-7,10-12,14H,3-5,8-9H2,1-2H3,(H,19,22)/t14-/m1/s1. The molecule has 23 heavy (non-hydrogen) atoms. The van der Waals surface area contributed by atoms with Crippen LogP contribution in [0.4, 0.5) is 0 Å². The van der Waals surface area contributed by atoms with Gasteiger partial charge >= 0.3 is 0 Å². The van der Waals surface area contributed by atoms with Crippen LogP contribution in [0.25, 0.3) is 0 Å². The molecule has 7 heteroatoms. The van der Waals surface area contributed by atoms with Crippen molar-refractivity contribution < 1.29 is 9.53 Å². The molecule has 2 aromatic rings. The van der Waals surface area contributed by atoms with E-state index >= 15 is 0 Å². The van der Waals surface area contributed by atoms with Crippen LogP contribution in [0.2, 0.25) is 0 Å². The van der Waals surface area contributed by atoms with Gasteiger partial charge in [0.2, 0.25) is 0 Å². The molecule has 0 radical (unpaired) electrons. The van der Waals surface area contributed by atoms with E-state index < -0.39 is 0 Å². The Balaban J connectivity index is 1.84. The molecule has 7 nitrogen and oxygen atoms in total. The molecule has 1 aliphatic heterocycles. The van der Waals surface area contributed by atoms with Crippen LogP contribution >= 0.6 is 0 Å². The zero-order valence-electron chi connectivity index (χ0n) is 13.6. The van der Waals surface area contributed by atoms with Crippen LogP contribution in [0.1, 0.15) is 42.1 Å². The van der Waals surface area contributed by atoms with Gasteiger partial charge in [-0.1, -0.05) is 0 Å². The zero-order chi connectivity index (χ0) is 16.2. The highest BCUT2D eigenvalue weighted by Crippen LogP contribution is 2.29. The Bertz CT molecular complexity index is 657. The Hall–Kier alpha value is -2.15. The van der Waals surface area contributed by atoms with Crippen molar-refractivity contribution in [1.82, 2.24) is 24.4 Å². The number of hydrogen-bond donors (Lipinski definition) is 1. The van der Waals surface area contributed by atoms with Crippen LogP contribution in [0.3, 0.4) is 0 Å². The van der Waals surface area contributed by atoms with E-state index in [0.717, 1.165) is 38.4 Å². The van der Waals surface area contributed by atoms with E-state index in [2.05, 4.69) is 26.8 Å². The number of ether oxygens (including phenoxy) is 1. The molecule has 1 amide bonds. The average molecular weight is 317 g/mol. The monoisotopic (exact) mass is 317 g/mol. The van der Waals surface area contributed by atoms with Gasteiger partial charge in [-0.15, -0.1) is 0 Å². The van der Waals surface area contributed by atoms with Crippen molar-refractivity contribution in [1.29, 1.82) is 0 Å². The highest BCUT2D eigenvalue weighted by molar-refractivity contribution is 5.92. The van der Waals surface area contributed by atoms with Crippen LogP contribution in [0, 0.1) is 5.92 Å². The number of carbonyl (C=O) groups is 1. The minimum absolute atomic E-state index is 0.122. The summed E-state index contributed by atoms with van der Waals surface area (Å²) in [6, 6.07) is -0.122. The highest BCUT2D eigenvalue weighted by Gasteiger charge is 2.30. The van der Waals surface area contributed by atoms with Crippen LogP contribution < -0.4 is 5.32 Å². The number of rotatable bonds is 5. The molecule has 2 aromatic heterocycles. The summed E-state index contributed by atoms with van der Waals surface area (Å²) in [6.07, 6.45) is 8.94. The lowest BCUT2D eigenvalue weighted by atomic mass is 9.91. The third-order valence-electron chi connectivity index (χ3n) is 4.33. The molecule has 0 bridgehead atoms. The van der Waals surface area contributed by atoms with Gasteiger partial charge in [0.25, 0.3) is 5.91 Å². The Morgan fingerprint density at radius 3 is 2.87 bits per heavy atom. The maximum absolute atomic E-state index is 12.6. The molecule has 0 aliphatic carbocycles. The maximum Gasteiger partial charge on any atom is 0.272 e. The van der Waals surface area contributed by atoms with Crippen LogP contribution in [-0.2, 0) is 18.3 Å². The van der Waals surface area contributed by atoms with Gasteiger partial charge in [-0.25, -0.2) is 9.97 Å². The molecular formula is C16H23N5O2. The lowest BCUT2D eigenvalue weighted by molar-refractivity contribution is 0.0497. The molecule has 1 fully saturated rings. The van der Waals surface area contributed by atoms with Gasteiger partial charge < -0.3 is 19.2 Å². The maximum atomic E-state index is 12.6. The summed E-state index contributed by atoms with van der Waals surface area (Å²) in [7, 11) is 1.85. The molecule has 0 spiro atoms. The van der Waals surface area contributed by atoms with Crippen molar-refractivity contribution in [3.05, 3.63) is 36.4 Å². The first-order valence-electron chi connectivity index (χ1n) is 8.06. The SMILES string of the molecule is CCn1ccnc1[C@H](NC(=O)c1cn(C)cn1)C1CCOCC1. The summed E-state index contributed by atoms with van der Waals surface area (Å²) in [5.74, 6) is 1.07. The van der Waals surface area contributed by atoms with E-state index in [1.54, 1.807) is 23.3 Å². The normalized spacial score (nSPS) is 17.1. The van der Waals surface area contributed by atoms with Crippen molar-refractivity contribution in [2.75, 3.05) is 13.2 Å². The van der Waals surface area contributed by atoms with E-state index in [9.17, 15) is 4.79 Å². The third kappa shape index (κ3) is 3.44. The van der Waals surface area contributed by atoms with Gasteiger partial charge in [-0.05, 0) is 25.7 Å². The minimum atomic E-state index is -0.159. The van der Waals surface area contributed by atoms with Crippen LogP contribution in [0.15, 0.2) is 24.9 Å². The van der Waals surface area contributed by atoms with Crippen molar-refractivity contribution in [2.24, 2.45) is 13.0 Å². The summed E-state index contributed by atoms with van der Waals surface area (Å²) in [5.41, 5.74) is 0.430. The number of aryl methyl sites for hydroxylation is 2. The fraction of sp³-hybridized carbons (Fsp3) is 0.562. The largest absolute Gasteiger partial charge is 0.381 e. The number of aromatic nitrogens is 4. The Kier molecular flexibility index (Phi) is 4.76. The second-order valence-corrected chi connectivity index (χ2v) is 5.90. The molecule has 0 aromatic carbocycles. The molecule has 1 atom stereocenters. The molecular weight excluding hydrogens is 294 g/mol. The lowest BCUT2D eigenvalue weighted by Gasteiger charge is -2.30. The van der Waals surface area contributed by atoms with E-state index in [4.69, 9.17) is 4.74 Å². The first-order chi connectivity index (χ1) is 11.2. The van der Waals surface area contributed by atoms with Crippen molar-refractivity contribution in [2.45, 2.75) is 32.4 Å². The van der Waals surface area contributed by atoms with E-state index in [1.165, 1.54) is 0 Å². The van der Waals surface area contributed by atoms with Gasteiger partial charge in [0.15, 0.2) is 0 Å². The smallest absolute Gasteiger partial charge is 0.272 e. The van der Waals surface area contributed by atoms with Crippen molar-refractivity contribution in [3.8, 4) is 0 Å². The molecule has 124 valence electrons. The number of imidazole rings is 2. The molecule has 0 unspecified atom stereocenters. The van der Waals surface area contributed by atoms with Gasteiger partial charge in [0.05, 0.1) is 12.4 Å². The molecule has 1 aliphatic rings. The number of nitrogens with zero attached hydrogens (tertiary/aromatic N) is 4. The molecule has 0 saturated carbocycles. The molecule has 1 saturated heterocycles. The van der Waals surface area contributed by atoms with Crippen molar-refractivity contribution >= 4 is 5.91 Å².